The number of aryl methyl sites for hydroxylation is 1. The first kappa shape index (κ1) is 16.3. The molecule has 3 rings (SSSR count). The Kier molecular flexibility index (Phi) is 4.79. The Hall–Kier alpha value is -3.55. The van der Waals surface area contributed by atoms with E-state index in [4.69, 9.17) is 0 Å². The summed E-state index contributed by atoms with van der Waals surface area (Å²) in [5.74, 6) is -0.250. The lowest BCUT2D eigenvalue weighted by Gasteiger charge is -2.03. The third-order valence-corrected chi connectivity index (χ3v) is 3.59. The molecule has 0 atom stereocenters. The molecule has 8 nitrogen and oxygen atoms in total. The molecule has 0 saturated carbocycles. The number of hydrogen-bond donors (Lipinski definition) is 1. The summed E-state index contributed by atoms with van der Waals surface area (Å²) in [6.45, 7) is 0.485. The van der Waals surface area contributed by atoms with Gasteiger partial charge in [-0.1, -0.05) is 24.3 Å². The number of aromatic nitrogens is 2. The summed E-state index contributed by atoms with van der Waals surface area (Å²) in [5, 5.41) is 14.5. The lowest BCUT2D eigenvalue weighted by Crippen LogP contribution is -2.19. The van der Waals surface area contributed by atoms with Gasteiger partial charge in [0.1, 0.15) is 0 Å². The number of carbonyl (C=O) groups excluding carboxylic acids is 1. The minimum Gasteiger partial charge on any atom is -0.330 e. The van der Waals surface area contributed by atoms with Crippen LogP contribution in [0.4, 0.5) is 5.69 Å². The molecule has 1 heterocycles. The number of hydrazone groups is 1. The van der Waals surface area contributed by atoms with Crippen LogP contribution in [-0.4, -0.2) is 26.6 Å². The van der Waals surface area contributed by atoms with Crippen molar-refractivity contribution in [2.45, 2.75) is 13.0 Å². The molecule has 1 amide bonds. The minimum atomic E-state index is -0.481. The highest BCUT2D eigenvalue weighted by Crippen LogP contribution is 2.12. The average Bonchev–Trinajstić information content (AvgIpc) is 3.03. The summed E-state index contributed by atoms with van der Waals surface area (Å²) in [4.78, 5) is 26.4. The third kappa shape index (κ3) is 4.05. The lowest BCUT2D eigenvalue weighted by molar-refractivity contribution is -0.384. The van der Waals surface area contributed by atoms with Crippen molar-refractivity contribution >= 4 is 28.8 Å². The van der Waals surface area contributed by atoms with Crippen LogP contribution in [0.2, 0.25) is 0 Å². The van der Waals surface area contributed by atoms with Crippen LogP contribution in [0, 0.1) is 10.1 Å². The Balaban J connectivity index is 1.54. The highest BCUT2D eigenvalue weighted by atomic mass is 16.6. The van der Waals surface area contributed by atoms with Crippen molar-refractivity contribution in [3.63, 3.8) is 0 Å². The zero-order valence-electron chi connectivity index (χ0n) is 13.2. The van der Waals surface area contributed by atoms with Gasteiger partial charge in [-0.15, -0.1) is 0 Å². The normalized spacial score (nSPS) is 11.0. The molecule has 0 radical (unpaired) electrons. The molecule has 0 fully saturated rings. The van der Waals surface area contributed by atoms with Gasteiger partial charge in [0, 0.05) is 30.7 Å². The number of non-ortho nitro benzene ring substituents is 1. The molecule has 0 saturated heterocycles. The van der Waals surface area contributed by atoms with Crippen LogP contribution in [0.15, 0.2) is 60.0 Å². The number of nitrogens with one attached hydrogen (secondary N) is 1. The number of amides is 1. The molecule has 2 aromatic carbocycles. The number of hydrogen-bond acceptors (Lipinski definition) is 5. The molecule has 0 aliphatic heterocycles. The quantitative estimate of drug-likeness (QED) is 0.424. The molecule has 0 spiro atoms. The summed E-state index contributed by atoms with van der Waals surface area (Å²) in [6, 6.07) is 13.7. The Labute approximate surface area is 142 Å². The van der Waals surface area contributed by atoms with Gasteiger partial charge in [-0.05, 0) is 12.1 Å². The predicted molar refractivity (Wildman–Crippen MR) is 93.2 cm³/mol. The maximum Gasteiger partial charge on any atom is 0.270 e. The SMILES string of the molecule is O=C(CCn1cnc2ccccc21)N/N=C\c1cccc([N+](=O)[O-])c1. The number of nitro benzene ring substituents is 1. The van der Waals surface area contributed by atoms with Gasteiger partial charge in [0.05, 0.1) is 28.5 Å². The molecule has 0 bridgehead atoms. The number of fused-ring (bicyclic) bond motifs is 1. The summed E-state index contributed by atoms with van der Waals surface area (Å²) >= 11 is 0. The van der Waals surface area contributed by atoms with Crippen molar-refractivity contribution in [2.75, 3.05) is 0 Å². The predicted octanol–water partition coefficient (Wildman–Crippen LogP) is 2.48. The average molecular weight is 337 g/mol. The van der Waals surface area contributed by atoms with E-state index in [0.717, 1.165) is 11.0 Å². The van der Waals surface area contributed by atoms with Gasteiger partial charge in [0.15, 0.2) is 0 Å². The Morgan fingerprint density at radius 1 is 1.28 bits per heavy atom. The van der Waals surface area contributed by atoms with E-state index in [1.54, 1.807) is 18.5 Å². The lowest BCUT2D eigenvalue weighted by atomic mass is 10.2. The van der Waals surface area contributed by atoms with Gasteiger partial charge in [-0.3, -0.25) is 14.9 Å². The number of para-hydroxylation sites is 2. The topological polar surface area (TPSA) is 102 Å². The van der Waals surface area contributed by atoms with Gasteiger partial charge in [0.2, 0.25) is 5.91 Å². The largest absolute Gasteiger partial charge is 0.330 e. The monoisotopic (exact) mass is 337 g/mol. The van der Waals surface area contributed by atoms with Gasteiger partial charge >= 0.3 is 0 Å². The number of benzene rings is 2. The highest BCUT2D eigenvalue weighted by molar-refractivity contribution is 5.83. The molecule has 126 valence electrons. The molecule has 0 aliphatic rings. The van der Waals surface area contributed by atoms with E-state index in [1.807, 2.05) is 28.8 Å². The molecule has 3 aromatic rings. The fourth-order valence-electron chi connectivity index (χ4n) is 2.36. The van der Waals surface area contributed by atoms with Crippen LogP contribution in [0.1, 0.15) is 12.0 Å². The second-order valence-corrected chi connectivity index (χ2v) is 5.32. The van der Waals surface area contributed by atoms with Crippen LogP contribution in [0.3, 0.4) is 0 Å². The van der Waals surface area contributed by atoms with E-state index in [1.165, 1.54) is 18.3 Å². The molecule has 1 aromatic heterocycles. The zero-order valence-corrected chi connectivity index (χ0v) is 13.2. The van der Waals surface area contributed by atoms with E-state index in [0.29, 0.717) is 12.1 Å². The zero-order chi connectivity index (χ0) is 17.6. The second-order valence-electron chi connectivity index (χ2n) is 5.32. The van der Waals surface area contributed by atoms with E-state index in [2.05, 4.69) is 15.5 Å². The Morgan fingerprint density at radius 2 is 2.12 bits per heavy atom. The van der Waals surface area contributed by atoms with Crippen LogP contribution in [0.5, 0.6) is 0 Å². The first-order chi connectivity index (χ1) is 12.1. The van der Waals surface area contributed by atoms with Crippen LogP contribution in [-0.2, 0) is 11.3 Å². The molecule has 1 N–H and O–H groups in total. The number of nitrogens with zero attached hydrogens (tertiary/aromatic N) is 4. The van der Waals surface area contributed by atoms with Crippen molar-refractivity contribution < 1.29 is 9.72 Å². The molecule has 0 unspecified atom stereocenters. The molecule has 8 heteroatoms. The van der Waals surface area contributed by atoms with E-state index < -0.39 is 4.92 Å². The summed E-state index contributed by atoms with van der Waals surface area (Å²) in [6.07, 6.45) is 3.31. The highest BCUT2D eigenvalue weighted by Gasteiger charge is 2.06. The second kappa shape index (κ2) is 7.35. The fraction of sp³-hybridized carbons (Fsp3) is 0.118. The van der Waals surface area contributed by atoms with Crippen molar-refractivity contribution in [1.82, 2.24) is 15.0 Å². The molecule has 25 heavy (non-hydrogen) atoms. The standard InChI is InChI=1S/C17H15N5O3/c23-17(8-9-21-12-18-15-6-1-2-7-16(15)21)20-19-11-13-4-3-5-14(10-13)22(24)25/h1-7,10-12H,8-9H2,(H,20,23)/b19-11-. The van der Waals surface area contributed by atoms with Crippen molar-refractivity contribution in [3.05, 3.63) is 70.5 Å². The Morgan fingerprint density at radius 3 is 2.96 bits per heavy atom. The molecular weight excluding hydrogens is 322 g/mol. The number of carbonyl (C=O) groups is 1. The first-order valence-corrected chi connectivity index (χ1v) is 7.60. The summed E-state index contributed by atoms with van der Waals surface area (Å²) < 4.78 is 1.90. The van der Waals surface area contributed by atoms with E-state index >= 15 is 0 Å². The van der Waals surface area contributed by atoms with Crippen LogP contribution >= 0.6 is 0 Å². The fourth-order valence-corrected chi connectivity index (χ4v) is 2.36. The van der Waals surface area contributed by atoms with E-state index in [9.17, 15) is 14.9 Å². The molecular formula is C17H15N5O3. The van der Waals surface area contributed by atoms with Crippen molar-refractivity contribution in [2.24, 2.45) is 5.10 Å². The number of rotatable bonds is 6. The summed E-state index contributed by atoms with van der Waals surface area (Å²) in [7, 11) is 0. The Bertz CT molecular complexity index is 948. The van der Waals surface area contributed by atoms with Crippen LogP contribution < -0.4 is 5.43 Å². The van der Waals surface area contributed by atoms with Crippen LogP contribution in [0.25, 0.3) is 11.0 Å². The first-order valence-electron chi connectivity index (χ1n) is 7.60. The molecule has 0 aliphatic carbocycles. The third-order valence-electron chi connectivity index (χ3n) is 3.59. The van der Waals surface area contributed by atoms with Gasteiger partial charge in [0.25, 0.3) is 5.69 Å². The number of nitro groups is 1. The van der Waals surface area contributed by atoms with E-state index in [-0.39, 0.29) is 18.0 Å². The van der Waals surface area contributed by atoms with Crippen molar-refractivity contribution in [1.29, 1.82) is 0 Å². The summed E-state index contributed by atoms with van der Waals surface area (Å²) in [5.41, 5.74) is 4.78. The maximum absolute atomic E-state index is 11.9. The van der Waals surface area contributed by atoms with Gasteiger partial charge < -0.3 is 4.57 Å². The number of imidazole rings is 1. The maximum atomic E-state index is 11.9. The van der Waals surface area contributed by atoms with Gasteiger partial charge in [-0.25, -0.2) is 10.4 Å². The minimum absolute atomic E-state index is 0.0257. The smallest absolute Gasteiger partial charge is 0.270 e. The van der Waals surface area contributed by atoms with Gasteiger partial charge in [-0.2, -0.15) is 5.10 Å². The van der Waals surface area contributed by atoms with Crippen molar-refractivity contribution in [3.8, 4) is 0 Å².